The first kappa shape index (κ1) is 24.6. The molecule has 0 heterocycles. The van der Waals surface area contributed by atoms with Crippen LogP contribution >= 0.6 is 0 Å². The van der Waals surface area contributed by atoms with Crippen LogP contribution in [0.3, 0.4) is 0 Å². The first-order valence-corrected chi connectivity index (χ1v) is 13.2. The minimum absolute atomic E-state index is 0.147. The van der Waals surface area contributed by atoms with Crippen molar-refractivity contribution in [2.45, 2.75) is 123 Å². The highest BCUT2D eigenvalue weighted by Gasteiger charge is 2.63. The Morgan fingerprint density at radius 2 is 1.69 bits per heavy atom. The van der Waals surface area contributed by atoms with Crippen LogP contribution in [0.25, 0.3) is 0 Å². The van der Waals surface area contributed by atoms with Crippen LogP contribution in [0.5, 0.6) is 0 Å². The Balaban J connectivity index is 1.46. The molecule has 0 spiro atoms. The summed E-state index contributed by atoms with van der Waals surface area (Å²) in [7, 11) is 0. The highest BCUT2D eigenvalue weighted by atomic mass is 19.4. The monoisotopic (exact) mass is 454 g/mol. The van der Waals surface area contributed by atoms with Crippen molar-refractivity contribution in [2.75, 3.05) is 0 Å². The summed E-state index contributed by atoms with van der Waals surface area (Å²) in [5, 5.41) is 10.4. The van der Waals surface area contributed by atoms with Gasteiger partial charge in [0.2, 0.25) is 0 Å². The maximum atomic E-state index is 13.5. The fourth-order valence-electron chi connectivity index (χ4n) is 8.52. The molecule has 0 amide bonds. The lowest BCUT2D eigenvalue weighted by Gasteiger charge is -2.59. The van der Waals surface area contributed by atoms with Crippen LogP contribution in [0.4, 0.5) is 13.2 Å². The highest BCUT2D eigenvalue weighted by Crippen LogP contribution is 2.67. The normalized spacial score (nSPS) is 44.5. The van der Waals surface area contributed by atoms with Gasteiger partial charge >= 0.3 is 6.18 Å². The fraction of sp³-hybridized carbons (Fsp3) is 0.929. The summed E-state index contributed by atoms with van der Waals surface area (Å²) in [5.74, 6) is 2.62. The Bertz CT molecular complexity index is 734. The molecule has 1 nitrogen and oxygen atoms in total. The molecule has 1 N–H and O–H groups in total. The summed E-state index contributed by atoms with van der Waals surface area (Å²) >= 11 is 0. The zero-order valence-electron chi connectivity index (χ0n) is 21.0. The molecule has 4 aliphatic carbocycles. The smallest absolute Gasteiger partial charge is 0.380 e. The number of hydrogen-bond acceptors (Lipinski definition) is 1. The van der Waals surface area contributed by atoms with Crippen molar-refractivity contribution >= 4 is 0 Å². The van der Waals surface area contributed by atoms with Gasteiger partial charge in [-0.25, -0.2) is 0 Å². The summed E-state index contributed by atoms with van der Waals surface area (Å²) in [6, 6.07) is 0. The van der Waals surface area contributed by atoms with E-state index in [0.717, 1.165) is 24.3 Å². The van der Waals surface area contributed by atoms with E-state index in [4.69, 9.17) is 0 Å². The molecule has 0 saturated heterocycles. The summed E-state index contributed by atoms with van der Waals surface area (Å²) in [6.45, 7) is 11.7. The zero-order chi connectivity index (χ0) is 23.6. The van der Waals surface area contributed by atoms with Gasteiger partial charge in [-0.2, -0.15) is 13.2 Å². The maximum Gasteiger partial charge on any atom is 0.417 e. The number of fused-ring (bicyclic) bond motifs is 5. The van der Waals surface area contributed by atoms with Crippen LogP contribution in [0, 0.1) is 39.9 Å². The van der Waals surface area contributed by atoms with Gasteiger partial charge < -0.3 is 5.11 Å². The van der Waals surface area contributed by atoms with Gasteiger partial charge in [-0.15, -0.1) is 0 Å². The molecule has 0 aromatic carbocycles. The predicted molar refractivity (Wildman–Crippen MR) is 124 cm³/mol. The number of halogens is 3. The van der Waals surface area contributed by atoms with E-state index in [9.17, 15) is 18.3 Å². The van der Waals surface area contributed by atoms with Gasteiger partial charge in [0, 0.05) is 6.42 Å². The van der Waals surface area contributed by atoms with Crippen molar-refractivity contribution in [1.82, 2.24) is 0 Å². The molecule has 4 aliphatic rings. The standard InChI is InChI=1S/C28H45F3O/c1-24(2,3)14-7-6-8-19-10-12-22-21-11-9-20-18-27(32,28(29,30)31)17-16-26(20,5)23(21)13-15-25(19,22)4/h9,19,21-23,32H,6-8,10-18H2,1-5H3/t19-,21?,22?,23?,25?,26?,27?/m0/s1. The van der Waals surface area contributed by atoms with E-state index in [2.05, 4.69) is 40.7 Å². The third kappa shape index (κ3) is 4.09. The summed E-state index contributed by atoms with van der Waals surface area (Å²) in [4.78, 5) is 0. The predicted octanol–water partition coefficient (Wildman–Crippen LogP) is 8.47. The molecule has 0 aromatic heterocycles. The molecule has 184 valence electrons. The fourth-order valence-corrected chi connectivity index (χ4v) is 8.52. The molecular formula is C28H45F3O. The van der Waals surface area contributed by atoms with Gasteiger partial charge in [-0.05, 0) is 97.7 Å². The van der Waals surface area contributed by atoms with Crippen molar-refractivity contribution < 1.29 is 18.3 Å². The molecule has 4 heteroatoms. The average molecular weight is 455 g/mol. The lowest BCUT2D eigenvalue weighted by atomic mass is 9.46. The molecule has 6 unspecified atom stereocenters. The van der Waals surface area contributed by atoms with Crippen LogP contribution in [-0.4, -0.2) is 16.9 Å². The van der Waals surface area contributed by atoms with E-state index in [-0.39, 0.29) is 18.3 Å². The summed E-state index contributed by atoms with van der Waals surface area (Å²) < 4.78 is 40.6. The first-order valence-electron chi connectivity index (χ1n) is 13.2. The van der Waals surface area contributed by atoms with E-state index >= 15 is 0 Å². The van der Waals surface area contributed by atoms with Crippen molar-refractivity contribution in [2.24, 2.45) is 39.9 Å². The van der Waals surface area contributed by atoms with E-state index in [1.807, 2.05) is 0 Å². The number of allylic oxidation sites excluding steroid dienone is 1. The second kappa shape index (κ2) is 8.02. The van der Waals surface area contributed by atoms with Gasteiger partial charge in [0.25, 0.3) is 0 Å². The maximum absolute atomic E-state index is 13.5. The van der Waals surface area contributed by atoms with Crippen LogP contribution < -0.4 is 0 Å². The van der Waals surface area contributed by atoms with Gasteiger partial charge in [0.05, 0.1) is 0 Å². The number of alkyl halides is 3. The number of hydrogen-bond donors (Lipinski definition) is 1. The molecule has 0 radical (unpaired) electrons. The Morgan fingerprint density at radius 1 is 0.969 bits per heavy atom. The molecule has 3 saturated carbocycles. The lowest BCUT2D eigenvalue weighted by molar-refractivity contribution is -0.271. The van der Waals surface area contributed by atoms with Gasteiger partial charge in [0.1, 0.15) is 0 Å². The van der Waals surface area contributed by atoms with Gasteiger partial charge in [-0.3, -0.25) is 0 Å². The Morgan fingerprint density at radius 3 is 2.34 bits per heavy atom. The van der Waals surface area contributed by atoms with Gasteiger partial charge in [-0.1, -0.05) is 59.1 Å². The first-order chi connectivity index (χ1) is 14.7. The summed E-state index contributed by atoms with van der Waals surface area (Å²) in [5.41, 5.74) is -0.969. The molecule has 3 fully saturated rings. The van der Waals surface area contributed by atoms with E-state index in [1.165, 1.54) is 44.9 Å². The number of aliphatic hydroxyl groups is 1. The second-order valence-electron chi connectivity index (χ2n) is 13.6. The number of unbranched alkanes of at least 4 members (excludes halogenated alkanes) is 1. The van der Waals surface area contributed by atoms with Crippen LogP contribution in [0.2, 0.25) is 0 Å². The second-order valence-corrected chi connectivity index (χ2v) is 13.6. The Kier molecular flexibility index (Phi) is 6.17. The summed E-state index contributed by atoms with van der Waals surface area (Å²) in [6.07, 6.45) is 8.91. The van der Waals surface area contributed by atoms with Crippen molar-refractivity contribution in [3.63, 3.8) is 0 Å². The third-order valence-electron chi connectivity index (χ3n) is 10.6. The number of rotatable bonds is 4. The minimum atomic E-state index is -4.54. The SMILES string of the molecule is CC(C)(C)CCCC[C@H]1CCC2C3CC=C4CC(O)(C(F)(F)F)CCC4(C)C3CCC21C. The Hall–Kier alpha value is -0.510. The van der Waals surface area contributed by atoms with E-state index in [0.29, 0.717) is 35.0 Å². The van der Waals surface area contributed by atoms with Crippen LogP contribution in [-0.2, 0) is 0 Å². The zero-order valence-corrected chi connectivity index (χ0v) is 21.0. The van der Waals surface area contributed by atoms with Crippen molar-refractivity contribution in [1.29, 1.82) is 0 Å². The molecular weight excluding hydrogens is 409 g/mol. The largest absolute Gasteiger partial charge is 0.417 e. The van der Waals surface area contributed by atoms with E-state index < -0.39 is 11.8 Å². The molecule has 0 bridgehead atoms. The third-order valence-corrected chi connectivity index (χ3v) is 10.6. The molecule has 32 heavy (non-hydrogen) atoms. The van der Waals surface area contributed by atoms with Gasteiger partial charge in [0.15, 0.2) is 5.60 Å². The minimum Gasteiger partial charge on any atom is -0.380 e. The van der Waals surface area contributed by atoms with Crippen LogP contribution in [0.15, 0.2) is 11.6 Å². The van der Waals surface area contributed by atoms with Crippen molar-refractivity contribution in [3.05, 3.63) is 11.6 Å². The molecule has 7 atom stereocenters. The highest BCUT2D eigenvalue weighted by molar-refractivity contribution is 5.27. The lowest BCUT2D eigenvalue weighted by Crippen LogP contribution is -2.55. The molecule has 0 aliphatic heterocycles. The topological polar surface area (TPSA) is 20.2 Å². The molecule has 0 aromatic rings. The average Bonchev–Trinajstić information content (AvgIpc) is 3.01. The quantitative estimate of drug-likeness (QED) is 0.334. The van der Waals surface area contributed by atoms with Crippen LogP contribution in [0.1, 0.15) is 112 Å². The van der Waals surface area contributed by atoms with E-state index in [1.54, 1.807) is 0 Å². The Labute approximate surface area is 193 Å². The van der Waals surface area contributed by atoms with Crippen molar-refractivity contribution in [3.8, 4) is 0 Å². The molecule has 4 rings (SSSR count).